The van der Waals surface area contributed by atoms with Gasteiger partial charge in [0.25, 0.3) is 0 Å². The lowest BCUT2D eigenvalue weighted by Gasteiger charge is -2.37. The summed E-state index contributed by atoms with van der Waals surface area (Å²) < 4.78 is 0. The highest BCUT2D eigenvalue weighted by atomic mass is 15.2. The van der Waals surface area contributed by atoms with Crippen LogP contribution in [0.3, 0.4) is 0 Å². The Labute approximate surface area is 130 Å². The Bertz CT molecular complexity index is 515. The summed E-state index contributed by atoms with van der Waals surface area (Å²) in [5.41, 5.74) is 6.41. The first-order valence-electron chi connectivity index (χ1n) is 8.45. The van der Waals surface area contributed by atoms with E-state index in [0.717, 1.165) is 5.92 Å². The Hall–Kier alpha value is -1.02. The molecule has 0 spiro atoms. The first kappa shape index (κ1) is 14.9. The number of benzene rings is 1. The van der Waals surface area contributed by atoms with Crippen molar-refractivity contribution >= 4 is 5.69 Å². The third-order valence-electron chi connectivity index (χ3n) is 5.03. The van der Waals surface area contributed by atoms with Crippen molar-refractivity contribution in [1.29, 1.82) is 0 Å². The molecule has 1 saturated heterocycles. The van der Waals surface area contributed by atoms with Crippen LogP contribution in [0, 0.1) is 6.92 Å². The number of piperazine rings is 1. The molecule has 21 heavy (non-hydrogen) atoms. The average molecular weight is 286 g/mol. The van der Waals surface area contributed by atoms with Crippen LogP contribution in [0.2, 0.25) is 0 Å². The van der Waals surface area contributed by atoms with Crippen LogP contribution in [0.25, 0.3) is 0 Å². The zero-order valence-corrected chi connectivity index (χ0v) is 14.4. The maximum Gasteiger partial charge on any atom is 0.0432 e. The fraction of sp³-hybridized carbons (Fsp3) is 0.684. The van der Waals surface area contributed by atoms with Crippen LogP contribution in [0.4, 0.5) is 5.69 Å². The predicted octanol–water partition coefficient (Wildman–Crippen LogP) is 3.92. The number of anilines is 1. The van der Waals surface area contributed by atoms with E-state index in [4.69, 9.17) is 0 Å². The van der Waals surface area contributed by atoms with Gasteiger partial charge in [0.2, 0.25) is 0 Å². The summed E-state index contributed by atoms with van der Waals surface area (Å²) in [5.74, 6) is 0.820. The summed E-state index contributed by atoms with van der Waals surface area (Å²) in [6.45, 7) is 14.0. The van der Waals surface area contributed by atoms with Crippen molar-refractivity contribution in [2.45, 2.75) is 51.9 Å². The van der Waals surface area contributed by atoms with Crippen LogP contribution in [-0.4, -0.2) is 38.1 Å². The van der Waals surface area contributed by atoms with Gasteiger partial charge >= 0.3 is 0 Å². The monoisotopic (exact) mass is 286 g/mol. The molecule has 116 valence electrons. The smallest absolute Gasteiger partial charge is 0.0432 e. The second-order valence-electron chi connectivity index (χ2n) is 8.05. The van der Waals surface area contributed by atoms with Gasteiger partial charge in [0.15, 0.2) is 0 Å². The first-order valence-corrected chi connectivity index (χ1v) is 8.45. The fourth-order valence-electron chi connectivity index (χ4n) is 3.41. The average Bonchev–Trinajstić information content (AvgIpc) is 3.22. The number of aryl methyl sites for hydroxylation is 1. The van der Waals surface area contributed by atoms with E-state index in [0.29, 0.717) is 0 Å². The quantitative estimate of drug-likeness (QED) is 0.813. The second kappa shape index (κ2) is 5.31. The molecule has 1 aliphatic carbocycles. The van der Waals surface area contributed by atoms with Crippen LogP contribution in [0.5, 0.6) is 0 Å². The summed E-state index contributed by atoms with van der Waals surface area (Å²) in [6.07, 6.45) is 2.77. The lowest BCUT2D eigenvalue weighted by molar-refractivity contribution is 0.312. The Morgan fingerprint density at radius 2 is 1.62 bits per heavy atom. The van der Waals surface area contributed by atoms with E-state index in [1.165, 1.54) is 50.1 Å². The van der Waals surface area contributed by atoms with Crippen LogP contribution in [0.15, 0.2) is 12.1 Å². The summed E-state index contributed by atoms with van der Waals surface area (Å²) in [5, 5.41) is 0. The lowest BCUT2D eigenvalue weighted by Crippen LogP contribution is -2.45. The number of hydrogen-bond donors (Lipinski definition) is 0. The second-order valence-corrected chi connectivity index (χ2v) is 8.05. The van der Waals surface area contributed by atoms with Gasteiger partial charge < -0.3 is 9.80 Å². The molecule has 2 fully saturated rings. The third-order valence-corrected chi connectivity index (χ3v) is 5.03. The first-order chi connectivity index (χ1) is 9.86. The zero-order chi connectivity index (χ0) is 15.2. The fourth-order valence-corrected chi connectivity index (χ4v) is 3.41. The van der Waals surface area contributed by atoms with Gasteiger partial charge in [-0.05, 0) is 54.8 Å². The molecule has 0 amide bonds. The Morgan fingerprint density at radius 1 is 1.00 bits per heavy atom. The topological polar surface area (TPSA) is 6.48 Å². The SMILES string of the molecule is Cc1cc(C(C)(C)C)cc(C2CC2)c1N1CCN(C)CC1. The Morgan fingerprint density at radius 3 is 2.14 bits per heavy atom. The van der Waals surface area contributed by atoms with E-state index in [-0.39, 0.29) is 5.41 Å². The van der Waals surface area contributed by atoms with E-state index in [1.54, 1.807) is 11.3 Å². The molecule has 0 bridgehead atoms. The molecule has 0 unspecified atom stereocenters. The maximum atomic E-state index is 2.63. The van der Waals surface area contributed by atoms with Crippen molar-refractivity contribution < 1.29 is 0 Å². The van der Waals surface area contributed by atoms with Gasteiger partial charge in [0.1, 0.15) is 0 Å². The highest BCUT2D eigenvalue weighted by Gasteiger charge is 2.31. The van der Waals surface area contributed by atoms with Gasteiger partial charge in [0, 0.05) is 31.9 Å². The van der Waals surface area contributed by atoms with Crippen molar-refractivity contribution in [1.82, 2.24) is 4.90 Å². The summed E-state index contributed by atoms with van der Waals surface area (Å²) >= 11 is 0. The van der Waals surface area contributed by atoms with E-state index in [1.807, 2.05) is 0 Å². The van der Waals surface area contributed by atoms with Crippen molar-refractivity contribution in [3.8, 4) is 0 Å². The summed E-state index contributed by atoms with van der Waals surface area (Å²) in [6, 6.07) is 4.94. The molecule has 0 N–H and O–H groups in total. The molecule has 0 aromatic heterocycles. The standard InChI is InChI=1S/C19H30N2/c1-14-12-16(19(2,3)4)13-17(15-6-7-15)18(14)21-10-8-20(5)9-11-21/h12-13,15H,6-11H2,1-5H3. The van der Waals surface area contributed by atoms with Gasteiger partial charge in [-0.25, -0.2) is 0 Å². The highest BCUT2D eigenvalue weighted by molar-refractivity contribution is 5.64. The molecule has 2 aliphatic rings. The largest absolute Gasteiger partial charge is 0.369 e. The number of nitrogens with zero attached hydrogens (tertiary/aromatic N) is 2. The summed E-state index contributed by atoms with van der Waals surface area (Å²) in [4.78, 5) is 5.07. The third kappa shape index (κ3) is 3.11. The van der Waals surface area contributed by atoms with E-state index in [2.05, 4.69) is 56.7 Å². The van der Waals surface area contributed by atoms with Gasteiger partial charge in [-0.15, -0.1) is 0 Å². The molecule has 0 atom stereocenters. The molecular weight excluding hydrogens is 256 g/mol. The number of likely N-dealkylation sites (N-methyl/N-ethyl adjacent to an activating group) is 1. The van der Waals surface area contributed by atoms with Crippen LogP contribution >= 0.6 is 0 Å². The highest BCUT2D eigenvalue weighted by Crippen LogP contribution is 2.47. The predicted molar refractivity (Wildman–Crippen MR) is 91.6 cm³/mol. The summed E-state index contributed by atoms with van der Waals surface area (Å²) in [7, 11) is 2.23. The molecule has 1 aromatic carbocycles. The maximum absolute atomic E-state index is 2.63. The van der Waals surface area contributed by atoms with Gasteiger partial charge in [-0.3, -0.25) is 0 Å². The number of hydrogen-bond acceptors (Lipinski definition) is 2. The minimum atomic E-state index is 0.245. The van der Waals surface area contributed by atoms with E-state index >= 15 is 0 Å². The number of rotatable bonds is 2. The minimum Gasteiger partial charge on any atom is -0.369 e. The normalized spacial score (nSPS) is 20.9. The van der Waals surface area contributed by atoms with Crippen molar-refractivity contribution in [2.75, 3.05) is 38.1 Å². The molecule has 3 rings (SSSR count). The lowest BCUT2D eigenvalue weighted by atomic mass is 9.83. The molecule has 2 nitrogen and oxygen atoms in total. The molecule has 1 aromatic rings. The molecule has 1 saturated carbocycles. The zero-order valence-electron chi connectivity index (χ0n) is 14.4. The van der Waals surface area contributed by atoms with Gasteiger partial charge in [-0.2, -0.15) is 0 Å². The van der Waals surface area contributed by atoms with Crippen molar-refractivity contribution in [3.05, 3.63) is 28.8 Å². The van der Waals surface area contributed by atoms with Gasteiger partial charge in [-0.1, -0.05) is 32.9 Å². The molecule has 2 heteroatoms. The Kier molecular flexibility index (Phi) is 3.77. The van der Waals surface area contributed by atoms with Crippen molar-refractivity contribution in [2.24, 2.45) is 0 Å². The molecular formula is C19H30N2. The van der Waals surface area contributed by atoms with Crippen LogP contribution in [-0.2, 0) is 5.41 Å². The molecule has 1 aliphatic heterocycles. The molecule has 0 radical (unpaired) electrons. The van der Waals surface area contributed by atoms with E-state index in [9.17, 15) is 0 Å². The van der Waals surface area contributed by atoms with E-state index < -0.39 is 0 Å². The van der Waals surface area contributed by atoms with Crippen molar-refractivity contribution in [3.63, 3.8) is 0 Å². The van der Waals surface area contributed by atoms with Gasteiger partial charge in [0.05, 0.1) is 0 Å². The van der Waals surface area contributed by atoms with Crippen LogP contribution < -0.4 is 4.90 Å². The minimum absolute atomic E-state index is 0.245. The van der Waals surface area contributed by atoms with Crippen LogP contribution in [0.1, 0.15) is 56.2 Å². The Balaban J connectivity index is 1.99. The molecule has 1 heterocycles.